The highest BCUT2D eigenvalue weighted by Crippen LogP contribution is 2.44. The third-order valence-corrected chi connectivity index (χ3v) is 3.80. The molecule has 0 aromatic heterocycles. The number of allylic oxidation sites excluding steroid dienone is 1. The number of hydrogen-bond acceptors (Lipinski definition) is 1. The van der Waals surface area contributed by atoms with Gasteiger partial charge in [-0.15, -0.1) is 0 Å². The molecule has 1 aliphatic carbocycles. The number of hydrogen-bond donors (Lipinski definition) is 0. The number of rotatable bonds is 4. The maximum absolute atomic E-state index is 10.0. The summed E-state index contributed by atoms with van der Waals surface area (Å²) in [5.41, 5.74) is 1.41. The Morgan fingerprint density at radius 3 is 1.88 bits per heavy atom. The van der Waals surface area contributed by atoms with Gasteiger partial charge in [-0.1, -0.05) is 46.1 Å². The maximum atomic E-state index is 10.0. The Balaban J connectivity index is 0.000000325. The van der Waals surface area contributed by atoms with Gasteiger partial charge in [0.15, 0.2) is 5.78 Å². The second-order valence-corrected chi connectivity index (χ2v) is 5.15. The summed E-state index contributed by atoms with van der Waals surface area (Å²) in [7, 11) is 0. The van der Waals surface area contributed by atoms with Crippen molar-refractivity contribution in [3.63, 3.8) is 0 Å². The highest BCUT2D eigenvalue weighted by atomic mass is 16.1. The topological polar surface area (TPSA) is 17.1 Å². The number of ketones is 1. The third-order valence-electron chi connectivity index (χ3n) is 3.80. The fourth-order valence-corrected chi connectivity index (χ4v) is 2.44. The number of carbonyl (C=O) groups is 1. The van der Waals surface area contributed by atoms with Crippen LogP contribution < -0.4 is 0 Å². The van der Waals surface area contributed by atoms with Gasteiger partial charge in [0.25, 0.3) is 0 Å². The van der Waals surface area contributed by atoms with Crippen LogP contribution in [0.4, 0.5) is 0 Å². The van der Waals surface area contributed by atoms with Crippen LogP contribution in [0, 0.1) is 5.41 Å². The normalized spacial score (nSPS) is 17.5. The lowest BCUT2D eigenvalue weighted by Gasteiger charge is -2.26. The Bertz CT molecular complexity index is 210. The van der Waals surface area contributed by atoms with E-state index in [1.807, 2.05) is 0 Å². The van der Waals surface area contributed by atoms with E-state index in [2.05, 4.69) is 20.4 Å². The molecular weight excluding hydrogens is 196 g/mol. The van der Waals surface area contributed by atoms with E-state index in [0.717, 1.165) is 5.41 Å². The van der Waals surface area contributed by atoms with Crippen LogP contribution in [0.2, 0.25) is 0 Å². The predicted molar refractivity (Wildman–Crippen MR) is 71.6 cm³/mol. The summed E-state index contributed by atoms with van der Waals surface area (Å²) >= 11 is 0. The molecule has 0 saturated heterocycles. The van der Waals surface area contributed by atoms with Crippen LogP contribution in [0.3, 0.4) is 0 Å². The highest BCUT2D eigenvalue weighted by Gasteiger charge is 2.30. The molecule has 0 radical (unpaired) electrons. The molecule has 0 amide bonds. The molecule has 0 atom stereocenters. The second-order valence-electron chi connectivity index (χ2n) is 5.15. The van der Waals surface area contributed by atoms with Crippen LogP contribution in [0.1, 0.15) is 72.6 Å². The highest BCUT2D eigenvalue weighted by molar-refractivity contribution is 5.91. The summed E-state index contributed by atoms with van der Waals surface area (Å²) < 4.78 is 0. The molecule has 1 heteroatoms. The third kappa shape index (κ3) is 5.48. The van der Waals surface area contributed by atoms with Crippen molar-refractivity contribution in [2.24, 2.45) is 5.41 Å². The van der Waals surface area contributed by atoms with Gasteiger partial charge in [0.1, 0.15) is 0 Å². The fraction of sp³-hybridized carbons (Fsp3) is 0.800. The summed E-state index contributed by atoms with van der Waals surface area (Å²) in [6, 6.07) is 0. The first-order valence-electron chi connectivity index (χ1n) is 6.64. The lowest BCUT2D eigenvalue weighted by atomic mass is 9.79. The van der Waals surface area contributed by atoms with E-state index in [9.17, 15) is 4.79 Å². The minimum absolute atomic E-state index is 0.0648. The van der Waals surface area contributed by atoms with Crippen molar-refractivity contribution >= 4 is 5.78 Å². The van der Waals surface area contributed by atoms with Crippen molar-refractivity contribution in [2.75, 3.05) is 0 Å². The Kier molecular flexibility index (Phi) is 7.36. The van der Waals surface area contributed by atoms with Crippen molar-refractivity contribution in [3.05, 3.63) is 12.2 Å². The quantitative estimate of drug-likeness (QED) is 0.620. The first-order valence-corrected chi connectivity index (χ1v) is 6.64. The SMILES string of the molecule is C=C(C)C(C)=O.CCCC1(CC)CCCC1. The molecule has 1 fully saturated rings. The number of carbonyl (C=O) groups excluding carboxylic acids is 1. The largest absolute Gasteiger partial charge is 0.295 e. The van der Waals surface area contributed by atoms with E-state index < -0.39 is 0 Å². The predicted octanol–water partition coefficient (Wildman–Crippen LogP) is 4.91. The lowest BCUT2D eigenvalue weighted by Crippen LogP contribution is -2.13. The van der Waals surface area contributed by atoms with Crippen LogP contribution in [-0.2, 0) is 4.79 Å². The molecule has 1 rings (SSSR count). The maximum Gasteiger partial charge on any atom is 0.154 e. The molecule has 0 aromatic carbocycles. The molecule has 16 heavy (non-hydrogen) atoms. The van der Waals surface area contributed by atoms with Crippen LogP contribution in [0.25, 0.3) is 0 Å². The van der Waals surface area contributed by atoms with Crippen LogP contribution >= 0.6 is 0 Å². The van der Waals surface area contributed by atoms with Gasteiger partial charge in [-0.05, 0) is 44.1 Å². The van der Waals surface area contributed by atoms with Crippen molar-refractivity contribution in [1.82, 2.24) is 0 Å². The van der Waals surface area contributed by atoms with Gasteiger partial charge >= 0.3 is 0 Å². The van der Waals surface area contributed by atoms with Gasteiger partial charge in [0.05, 0.1) is 0 Å². The van der Waals surface area contributed by atoms with Gasteiger partial charge in [-0.2, -0.15) is 0 Å². The van der Waals surface area contributed by atoms with Gasteiger partial charge in [0.2, 0.25) is 0 Å². The average Bonchev–Trinajstić information content (AvgIpc) is 2.68. The molecule has 94 valence electrons. The lowest BCUT2D eigenvalue weighted by molar-refractivity contribution is -0.113. The van der Waals surface area contributed by atoms with E-state index in [1.54, 1.807) is 6.92 Å². The zero-order valence-corrected chi connectivity index (χ0v) is 11.6. The Labute approximate surface area is 101 Å². The minimum Gasteiger partial charge on any atom is -0.295 e. The van der Waals surface area contributed by atoms with E-state index in [0.29, 0.717) is 5.57 Å². The monoisotopic (exact) mass is 224 g/mol. The van der Waals surface area contributed by atoms with Crippen molar-refractivity contribution in [3.8, 4) is 0 Å². The average molecular weight is 224 g/mol. The first-order chi connectivity index (χ1) is 7.47. The van der Waals surface area contributed by atoms with Crippen LogP contribution in [0.5, 0.6) is 0 Å². The molecule has 0 bridgehead atoms. The summed E-state index contributed by atoms with van der Waals surface area (Å²) in [4.78, 5) is 10.0. The Hall–Kier alpha value is -0.590. The first kappa shape index (κ1) is 15.4. The van der Waals surface area contributed by atoms with Gasteiger partial charge in [0, 0.05) is 0 Å². The van der Waals surface area contributed by atoms with E-state index in [-0.39, 0.29) is 5.78 Å². The van der Waals surface area contributed by atoms with Crippen molar-refractivity contribution < 1.29 is 4.79 Å². The second kappa shape index (κ2) is 7.65. The van der Waals surface area contributed by atoms with Crippen LogP contribution in [0.15, 0.2) is 12.2 Å². The Morgan fingerprint density at radius 1 is 1.19 bits per heavy atom. The molecule has 0 unspecified atom stereocenters. The van der Waals surface area contributed by atoms with Crippen molar-refractivity contribution in [2.45, 2.75) is 72.6 Å². The van der Waals surface area contributed by atoms with E-state index in [1.165, 1.54) is 51.9 Å². The molecule has 0 heterocycles. The fourth-order valence-electron chi connectivity index (χ4n) is 2.44. The zero-order valence-electron chi connectivity index (χ0n) is 11.6. The molecule has 1 saturated carbocycles. The molecule has 1 aliphatic rings. The molecule has 0 N–H and O–H groups in total. The van der Waals surface area contributed by atoms with Gasteiger partial charge in [-0.25, -0.2) is 0 Å². The number of Topliss-reactive ketones (excluding diaryl/α,β-unsaturated/α-hetero) is 1. The van der Waals surface area contributed by atoms with Crippen molar-refractivity contribution in [1.29, 1.82) is 0 Å². The summed E-state index contributed by atoms with van der Waals surface area (Å²) in [6.45, 7) is 11.3. The zero-order chi connectivity index (χ0) is 12.6. The molecule has 0 spiro atoms. The summed E-state index contributed by atoms with van der Waals surface area (Å²) in [5.74, 6) is 0.0648. The van der Waals surface area contributed by atoms with Crippen LogP contribution in [-0.4, -0.2) is 5.78 Å². The van der Waals surface area contributed by atoms with Gasteiger partial charge in [-0.3, -0.25) is 4.79 Å². The van der Waals surface area contributed by atoms with Gasteiger partial charge < -0.3 is 0 Å². The van der Waals surface area contributed by atoms with E-state index in [4.69, 9.17) is 0 Å². The standard InChI is InChI=1S/C10H20.C5H8O/c1-3-7-10(4-2)8-5-6-9-10;1-4(2)5(3)6/h3-9H2,1-2H3;1H2,2-3H3. The smallest absolute Gasteiger partial charge is 0.154 e. The molecule has 0 aliphatic heterocycles. The Morgan fingerprint density at radius 2 is 1.62 bits per heavy atom. The summed E-state index contributed by atoms with van der Waals surface area (Å²) in [6.07, 6.45) is 10.3. The molecular formula is C15H28O. The minimum atomic E-state index is 0.0648. The summed E-state index contributed by atoms with van der Waals surface area (Å²) in [5, 5.41) is 0. The molecule has 0 aromatic rings. The molecule has 1 nitrogen and oxygen atoms in total. The van der Waals surface area contributed by atoms with E-state index >= 15 is 0 Å².